The van der Waals surface area contributed by atoms with E-state index >= 15 is 0 Å². The van der Waals surface area contributed by atoms with Crippen LogP contribution in [0.25, 0.3) is 6.08 Å². The lowest BCUT2D eigenvalue weighted by atomic mass is 10.1. The number of nitriles is 1. The van der Waals surface area contributed by atoms with Crippen LogP contribution >= 0.6 is 56.9 Å². The Balaban J connectivity index is 1.56. The first kappa shape index (κ1) is 26.5. The number of ether oxygens (including phenoxy) is 2. The maximum Gasteiger partial charge on any atom is 0.293 e. The number of halogens is 2. The van der Waals surface area contributed by atoms with Crippen LogP contribution in [-0.2, 0) is 17.9 Å². The van der Waals surface area contributed by atoms with Crippen molar-refractivity contribution in [3.8, 4) is 17.6 Å². The van der Waals surface area contributed by atoms with Gasteiger partial charge in [0.25, 0.3) is 11.1 Å². The van der Waals surface area contributed by atoms with Crippen molar-refractivity contribution in [3.63, 3.8) is 0 Å². The second-order valence-electron chi connectivity index (χ2n) is 7.71. The second kappa shape index (κ2) is 12.1. The summed E-state index contributed by atoms with van der Waals surface area (Å²) >= 11 is 5.34. The molecule has 9 heteroatoms. The Morgan fingerprint density at radius 3 is 2.53 bits per heavy atom. The number of thioether (sulfide) groups is 1. The zero-order valence-corrected chi connectivity index (χ0v) is 24.3. The Labute approximate surface area is 240 Å². The number of benzene rings is 3. The lowest BCUT2D eigenvalue weighted by Gasteiger charge is -2.15. The summed E-state index contributed by atoms with van der Waals surface area (Å²) in [5.41, 5.74) is 2.85. The Morgan fingerprint density at radius 1 is 1.06 bits per heavy atom. The van der Waals surface area contributed by atoms with Gasteiger partial charge in [-0.15, -0.1) is 0 Å². The van der Waals surface area contributed by atoms with Crippen LogP contribution in [0.15, 0.2) is 65.6 Å². The molecule has 0 spiro atoms. The lowest BCUT2D eigenvalue weighted by molar-refractivity contribution is -0.123. The molecule has 1 saturated heterocycles. The highest BCUT2D eigenvalue weighted by Gasteiger charge is 2.35. The lowest BCUT2D eigenvalue weighted by Crippen LogP contribution is -2.27. The van der Waals surface area contributed by atoms with Crippen LogP contribution in [0.3, 0.4) is 0 Å². The fraction of sp³-hybridized carbons (Fsp3) is 0.148. The van der Waals surface area contributed by atoms with E-state index in [1.54, 1.807) is 30.3 Å². The number of imide groups is 1. The van der Waals surface area contributed by atoms with Gasteiger partial charge in [-0.05, 0) is 117 Å². The summed E-state index contributed by atoms with van der Waals surface area (Å²) in [6.45, 7) is 2.80. The summed E-state index contributed by atoms with van der Waals surface area (Å²) in [4.78, 5) is 27.1. The highest BCUT2D eigenvalue weighted by atomic mass is 127. The molecule has 2 amide bonds. The zero-order chi connectivity index (χ0) is 25.7. The van der Waals surface area contributed by atoms with E-state index in [0.29, 0.717) is 40.7 Å². The molecule has 0 unspecified atom stereocenters. The molecule has 3 aromatic rings. The van der Waals surface area contributed by atoms with Gasteiger partial charge in [0.05, 0.1) is 33.3 Å². The molecule has 0 atom stereocenters. The molecule has 3 aromatic carbocycles. The minimum Gasteiger partial charge on any atom is -0.490 e. The molecule has 0 aliphatic carbocycles. The molecule has 1 aliphatic heterocycles. The number of carbonyl (C=O) groups excluding carboxylic acids is 2. The Kier molecular flexibility index (Phi) is 8.92. The third kappa shape index (κ3) is 6.22. The van der Waals surface area contributed by atoms with Crippen LogP contribution in [0.2, 0.25) is 0 Å². The monoisotopic (exact) mass is 722 g/mol. The van der Waals surface area contributed by atoms with Gasteiger partial charge in [-0.2, -0.15) is 5.26 Å². The fourth-order valence-electron chi connectivity index (χ4n) is 3.54. The molecular formula is C27H20I2N2O4S. The highest BCUT2D eigenvalue weighted by Crippen LogP contribution is 2.38. The van der Waals surface area contributed by atoms with Crippen LogP contribution < -0.4 is 9.47 Å². The fourth-order valence-corrected chi connectivity index (χ4v) is 5.51. The quantitative estimate of drug-likeness (QED) is 0.185. The normalized spacial score (nSPS) is 14.3. The SMILES string of the molecule is CCOc1cc(/C=C2/SC(=O)N(Cc3ccccc3C#N)C2=O)cc(I)c1OCc1ccc(I)cc1. The van der Waals surface area contributed by atoms with E-state index in [4.69, 9.17) is 9.47 Å². The molecule has 0 saturated carbocycles. The number of nitrogens with zero attached hydrogens (tertiary/aromatic N) is 2. The smallest absolute Gasteiger partial charge is 0.293 e. The van der Waals surface area contributed by atoms with Crippen LogP contribution in [0.4, 0.5) is 4.79 Å². The number of amides is 2. The summed E-state index contributed by atoms with van der Waals surface area (Å²) < 4.78 is 13.9. The largest absolute Gasteiger partial charge is 0.490 e. The van der Waals surface area contributed by atoms with Gasteiger partial charge in [0, 0.05) is 3.57 Å². The average molecular weight is 722 g/mol. The molecule has 36 heavy (non-hydrogen) atoms. The average Bonchev–Trinajstić information content (AvgIpc) is 3.12. The summed E-state index contributed by atoms with van der Waals surface area (Å²) in [5, 5.41) is 8.96. The van der Waals surface area contributed by atoms with E-state index in [0.717, 1.165) is 30.0 Å². The van der Waals surface area contributed by atoms with E-state index in [1.165, 1.54) is 4.90 Å². The van der Waals surface area contributed by atoms with Gasteiger partial charge in [0.15, 0.2) is 11.5 Å². The van der Waals surface area contributed by atoms with E-state index in [1.807, 2.05) is 43.3 Å². The van der Waals surface area contributed by atoms with Crippen molar-refractivity contribution in [2.24, 2.45) is 0 Å². The summed E-state index contributed by atoms with van der Waals surface area (Å²) in [6, 6.07) is 20.9. The maximum absolute atomic E-state index is 13.0. The first-order valence-corrected chi connectivity index (χ1v) is 13.9. The molecule has 4 rings (SSSR count). The van der Waals surface area contributed by atoms with Crippen molar-refractivity contribution in [2.75, 3.05) is 6.61 Å². The molecule has 182 valence electrons. The minimum atomic E-state index is -0.384. The summed E-state index contributed by atoms with van der Waals surface area (Å²) in [5.74, 6) is 0.822. The van der Waals surface area contributed by atoms with Crippen molar-refractivity contribution in [3.05, 3.63) is 95.0 Å². The van der Waals surface area contributed by atoms with Crippen LogP contribution in [0.1, 0.15) is 29.2 Å². The van der Waals surface area contributed by atoms with Crippen molar-refractivity contribution < 1.29 is 19.1 Å². The number of rotatable bonds is 8. The molecule has 0 N–H and O–H groups in total. The minimum absolute atomic E-state index is 0.0544. The van der Waals surface area contributed by atoms with Gasteiger partial charge in [0.1, 0.15) is 6.61 Å². The molecule has 0 aromatic heterocycles. The maximum atomic E-state index is 13.0. The summed E-state index contributed by atoms with van der Waals surface area (Å²) in [6.07, 6.45) is 1.69. The third-order valence-electron chi connectivity index (χ3n) is 5.27. The van der Waals surface area contributed by atoms with Gasteiger partial charge in [-0.3, -0.25) is 14.5 Å². The highest BCUT2D eigenvalue weighted by molar-refractivity contribution is 14.1. The predicted molar refractivity (Wildman–Crippen MR) is 156 cm³/mol. The second-order valence-corrected chi connectivity index (χ2v) is 11.1. The van der Waals surface area contributed by atoms with E-state index < -0.39 is 0 Å². The van der Waals surface area contributed by atoms with Gasteiger partial charge >= 0.3 is 0 Å². The number of hydrogen-bond acceptors (Lipinski definition) is 6. The van der Waals surface area contributed by atoms with Crippen LogP contribution in [0, 0.1) is 18.5 Å². The van der Waals surface area contributed by atoms with Crippen LogP contribution in [0.5, 0.6) is 11.5 Å². The molecular weight excluding hydrogens is 702 g/mol. The van der Waals surface area contributed by atoms with Gasteiger partial charge in [-0.25, -0.2) is 0 Å². The first-order chi connectivity index (χ1) is 17.4. The Hall–Kier alpha value is -2.56. The van der Waals surface area contributed by atoms with Gasteiger partial charge in [-0.1, -0.05) is 30.3 Å². The van der Waals surface area contributed by atoms with E-state index in [2.05, 4.69) is 51.3 Å². The summed E-state index contributed by atoms with van der Waals surface area (Å²) in [7, 11) is 0. The standard InChI is InChI=1S/C27H20I2N2O4S/c1-2-34-23-12-18(11-22(29)25(23)35-16-17-7-9-21(28)10-8-17)13-24-26(32)31(27(33)36-24)15-20-6-4-3-5-19(20)14-30/h3-13H,2,15-16H2,1H3/b24-13+. The Morgan fingerprint density at radius 2 is 1.81 bits per heavy atom. The van der Waals surface area contributed by atoms with Crippen molar-refractivity contribution in [1.29, 1.82) is 5.26 Å². The molecule has 6 nitrogen and oxygen atoms in total. The number of carbonyl (C=O) groups is 2. The predicted octanol–water partition coefficient (Wildman–Crippen LogP) is 6.98. The zero-order valence-electron chi connectivity index (χ0n) is 19.2. The van der Waals surface area contributed by atoms with Crippen LogP contribution in [-0.4, -0.2) is 22.7 Å². The number of hydrogen-bond donors (Lipinski definition) is 0. The molecule has 0 radical (unpaired) electrons. The van der Waals surface area contributed by atoms with Crippen molar-refractivity contribution >= 4 is 74.2 Å². The first-order valence-electron chi connectivity index (χ1n) is 11.0. The van der Waals surface area contributed by atoms with Crippen molar-refractivity contribution in [2.45, 2.75) is 20.1 Å². The van der Waals surface area contributed by atoms with E-state index in [-0.39, 0.29) is 17.7 Å². The molecule has 0 bridgehead atoms. The molecule has 1 heterocycles. The van der Waals surface area contributed by atoms with Gasteiger partial charge in [0.2, 0.25) is 0 Å². The van der Waals surface area contributed by atoms with Crippen molar-refractivity contribution in [1.82, 2.24) is 4.90 Å². The third-order valence-corrected chi connectivity index (χ3v) is 7.69. The topological polar surface area (TPSA) is 79.6 Å². The molecule has 1 aliphatic rings. The van der Waals surface area contributed by atoms with E-state index in [9.17, 15) is 14.9 Å². The Bertz CT molecular complexity index is 1380. The molecule has 1 fully saturated rings. The van der Waals surface area contributed by atoms with Gasteiger partial charge < -0.3 is 9.47 Å².